The highest BCUT2D eigenvalue weighted by atomic mass is 32.1. The molecule has 2 nitrogen and oxygen atoms in total. The van der Waals surface area contributed by atoms with Crippen molar-refractivity contribution in [3.63, 3.8) is 0 Å². The zero-order chi connectivity index (χ0) is 11.8. The van der Waals surface area contributed by atoms with E-state index in [1.54, 1.807) is 0 Å². The van der Waals surface area contributed by atoms with Crippen LogP contribution in [0.2, 0.25) is 0 Å². The second-order valence-electron chi connectivity index (χ2n) is 5.62. The zero-order valence-electron chi connectivity index (χ0n) is 10.6. The average molecular weight is 251 g/mol. The number of fused-ring (bicyclic) bond motifs is 2. The third-order valence-electron chi connectivity index (χ3n) is 4.02. The average Bonchev–Trinajstić information content (AvgIpc) is 3.01. The van der Waals surface area contributed by atoms with Gasteiger partial charge in [-0.05, 0) is 36.6 Å². The molecule has 2 fully saturated rings. The molecule has 1 aromatic rings. The predicted octanol–water partition coefficient (Wildman–Crippen LogP) is 3.35. The molecule has 0 amide bonds. The smallest absolute Gasteiger partial charge is 0.0733 e. The predicted molar refractivity (Wildman–Crippen MR) is 71.3 cm³/mol. The lowest BCUT2D eigenvalue weighted by molar-refractivity contribution is 0.0951. The molecule has 0 saturated carbocycles. The van der Waals surface area contributed by atoms with Crippen LogP contribution in [-0.4, -0.2) is 18.2 Å². The summed E-state index contributed by atoms with van der Waals surface area (Å²) in [6.45, 7) is 4.59. The summed E-state index contributed by atoms with van der Waals surface area (Å²) >= 11 is 1.86. The van der Waals surface area contributed by atoms with Crippen molar-refractivity contribution in [1.82, 2.24) is 5.32 Å². The first kappa shape index (κ1) is 11.7. The fraction of sp³-hybridized carbons (Fsp3) is 0.714. The molecule has 17 heavy (non-hydrogen) atoms. The molecule has 2 aliphatic heterocycles. The van der Waals surface area contributed by atoms with Crippen molar-refractivity contribution < 1.29 is 4.74 Å². The Kier molecular flexibility index (Phi) is 3.24. The molecular formula is C14H21NOS. The molecular weight excluding hydrogens is 230 g/mol. The minimum absolute atomic E-state index is 0.473. The van der Waals surface area contributed by atoms with Gasteiger partial charge in [0.05, 0.1) is 12.2 Å². The lowest BCUT2D eigenvalue weighted by Gasteiger charge is -2.28. The van der Waals surface area contributed by atoms with Crippen LogP contribution in [0, 0.1) is 5.92 Å². The van der Waals surface area contributed by atoms with E-state index in [9.17, 15) is 0 Å². The fourth-order valence-electron chi connectivity index (χ4n) is 3.12. The molecule has 1 aromatic heterocycles. The summed E-state index contributed by atoms with van der Waals surface area (Å²) in [5.74, 6) is 0.632. The van der Waals surface area contributed by atoms with E-state index in [-0.39, 0.29) is 0 Å². The second-order valence-corrected chi connectivity index (χ2v) is 6.60. The van der Waals surface area contributed by atoms with Gasteiger partial charge in [-0.3, -0.25) is 0 Å². The minimum Gasteiger partial charge on any atom is -0.373 e. The maximum atomic E-state index is 5.92. The highest BCUT2D eigenvalue weighted by molar-refractivity contribution is 7.10. The lowest BCUT2D eigenvalue weighted by atomic mass is 9.93. The third-order valence-corrected chi connectivity index (χ3v) is 4.97. The van der Waals surface area contributed by atoms with Crippen LogP contribution in [0.25, 0.3) is 0 Å². The van der Waals surface area contributed by atoms with Crippen LogP contribution in [0.15, 0.2) is 17.5 Å². The molecule has 1 N–H and O–H groups in total. The summed E-state index contributed by atoms with van der Waals surface area (Å²) < 4.78 is 5.92. The summed E-state index contributed by atoms with van der Waals surface area (Å²) in [6.07, 6.45) is 4.74. The molecule has 3 rings (SSSR count). The van der Waals surface area contributed by atoms with E-state index in [2.05, 4.69) is 36.7 Å². The summed E-state index contributed by atoms with van der Waals surface area (Å²) in [4.78, 5) is 1.46. The van der Waals surface area contributed by atoms with Gasteiger partial charge in [-0.2, -0.15) is 0 Å². The van der Waals surface area contributed by atoms with E-state index in [0.29, 0.717) is 30.2 Å². The molecule has 3 heteroatoms. The normalized spacial score (nSPS) is 33.5. The van der Waals surface area contributed by atoms with Crippen molar-refractivity contribution >= 4 is 11.3 Å². The number of thiophene rings is 1. The van der Waals surface area contributed by atoms with Crippen molar-refractivity contribution in [2.75, 3.05) is 0 Å². The first-order valence-corrected chi connectivity index (χ1v) is 7.57. The van der Waals surface area contributed by atoms with E-state index in [1.165, 1.54) is 24.1 Å². The van der Waals surface area contributed by atoms with E-state index in [0.717, 1.165) is 0 Å². The molecule has 2 saturated heterocycles. The van der Waals surface area contributed by atoms with Gasteiger partial charge < -0.3 is 10.1 Å². The van der Waals surface area contributed by atoms with Crippen LogP contribution >= 0.6 is 11.3 Å². The minimum atomic E-state index is 0.473. The maximum absolute atomic E-state index is 5.92. The van der Waals surface area contributed by atoms with Crippen LogP contribution in [-0.2, 0) is 4.74 Å². The molecule has 4 atom stereocenters. The Balaban J connectivity index is 1.69. The molecule has 94 valence electrons. The van der Waals surface area contributed by atoms with Gasteiger partial charge in [0.1, 0.15) is 0 Å². The molecule has 2 bridgehead atoms. The van der Waals surface area contributed by atoms with Crippen molar-refractivity contribution in [2.45, 2.75) is 57.4 Å². The summed E-state index contributed by atoms with van der Waals surface area (Å²) in [5.41, 5.74) is 0. The molecule has 0 aromatic carbocycles. The molecule has 2 aliphatic rings. The highest BCUT2D eigenvalue weighted by Crippen LogP contribution is 2.37. The van der Waals surface area contributed by atoms with Crippen molar-refractivity contribution in [3.05, 3.63) is 22.4 Å². The first-order valence-electron chi connectivity index (χ1n) is 6.69. The van der Waals surface area contributed by atoms with E-state index in [1.807, 2.05) is 11.3 Å². The number of rotatable bonds is 4. The molecule has 0 spiro atoms. The Bertz CT molecular complexity index is 362. The SMILES string of the molecule is CC(C)C(NC1CC2CCC1O2)c1cccs1. The number of hydrogen-bond donors (Lipinski definition) is 1. The van der Waals surface area contributed by atoms with E-state index >= 15 is 0 Å². The van der Waals surface area contributed by atoms with Crippen molar-refractivity contribution in [1.29, 1.82) is 0 Å². The Labute approximate surface area is 107 Å². The van der Waals surface area contributed by atoms with Crippen LogP contribution in [0.5, 0.6) is 0 Å². The van der Waals surface area contributed by atoms with Gasteiger partial charge in [-0.1, -0.05) is 19.9 Å². The van der Waals surface area contributed by atoms with Gasteiger partial charge >= 0.3 is 0 Å². The maximum Gasteiger partial charge on any atom is 0.0733 e. The molecule has 0 radical (unpaired) electrons. The summed E-state index contributed by atoms with van der Waals surface area (Å²) in [7, 11) is 0. The van der Waals surface area contributed by atoms with Crippen LogP contribution < -0.4 is 5.32 Å². The van der Waals surface area contributed by atoms with Crippen LogP contribution in [0.4, 0.5) is 0 Å². The third kappa shape index (κ3) is 2.28. The summed E-state index contributed by atoms with van der Waals surface area (Å²) in [6, 6.07) is 5.45. The van der Waals surface area contributed by atoms with Gasteiger partial charge in [0.25, 0.3) is 0 Å². The van der Waals surface area contributed by atoms with Crippen LogP contribution in [0.1, 0.15) is 44.0 Å². The standard InChI is InChI=1S/C14H21NOS/c1-9(2)14(13-4-3-7-17-13)15-11-8-10-5-6-12(11)16-10/h3-4,7,9-12,14-15H,5-6,8H2,1-2H3. The second kappa shape index (κ2) is 4.71. The van der Waals surface area contributed by atoms with E-state index in [4.69, 9.17) is 4.74 Å². The van der Waals surface area contributed by atoms with E-state index < -0.39 is 0 Å². The first-order chi connectivity index (χ1) is 8.24. The zero-order valence-corrected chi connectivity index (χ0v) is 11.4. The number of nitrogens with one attached hydrogen (secondary N) is 1. The lowest BCUT2D eigenvalue weighted by Crippen LogP contribution is -2.41. The van der Waals surface area contributed by atoms with Crippen molar-refractivity contribution in [2.24, 2.45) is 5.92 Å². The van der Waals surface area contributed by atoms with Gasteiger partial charge in [-0.25, -0.2) is 0 Å². The Morgan fingerprint density at radius 2 is 2.29 bits per heavy atom. The number of ether oxygens (including phenoxy) is 1. The largest absolute Gasteiger partial charge is 0.373 e. The van der Waals surface area contributed by atoms with Gasteiger partial charge in [0.2, 0.25) is 0 Å². The Hall–Kier alpha value is -0.380. The molecule has 3 heterocycles. The van der Waals surface area contributed by atoms with Crippen LogP contribution in [0.3, 0.4) is 0 Å². The topological polar surface area (TPSA) is 21.3 Å². The number of hydrogen-bond acceptors (Lipinski definition) is 3. The Morgan fingerprint density at radius 1 is 1.41 bits per heavy atom. The fourth-order valence-corrected chi connectivity index (χ4v) is 4.07. The van der Waals surface area contributed by atoms with Crippen molar-refractivity contribution in [3.8, 4) is 0 Å². The Morgan fingerprint density at radius 3 is 2.82 bits per heavy atom. The summed E-state index contributed by atoms with van der Waals surface area (Å²) in [5, 5.41) is 6.00. The van der Waals surface area contributed by atoms with Gasteiger partial charge in [-0.15, -0.1) is 11.3 Å². The quantitative estimate of drug-likeness (QED) is 0.886. The van der Waals surface area contributed by atoms with Gasteiger partial charge in [0.15, 0.2) is 0 Å². The molecule has 4 unspecified atom stereocenters. The molecule has 0 aliphatic carbocycles. The monoisotopic (exact) mass is 251 g/mol. The van der Waals surface area contributed by atoms with Gasteiger partial charge in [0, 0.05) is 17.0 Å². The highest BCUT2D eigenvalue weighted by Gasteiger charge is 2.41.